The molecule has 1 atom stereocenters. The van der Waals surface area contributed by atoms with Crippen LogP contribution in [0.5, 0.6) is 0 Å². The number of halogens is 3. The van der Waals surface area contributed by atoms with Gasteiger partial charge in [0.15, 0.2) is 0 Å². The lowest BCUT2D eigenvalue weighted by atomic mass is 10.1. The third-order valence-corrected chi connectivity index (χ3v) is 8.67. The van der Waals surface area contributed by atoms with Crippen LogP contribution < -0.4 is 9.62 Å². The first-order valence-electron chi connectivity index (χ1n) is 11.8. The van der Waals surface area contributed by atoms with E-state index in [4.69, 9.17) is 34.8 Å². The molecule has 0 aliphatic rings. The average molecular weight is 597 g/mol. The molecule has 0 bridgehead atoms. The Labute approximate surface area is 238 Å². The number of likely N-dealkylation sites (N-methyl/N-ethyl adjacent to an activating group) is 1. The molecule has 0 radical (unpaired) electrons. The molecule has 7 nitrogen and oxygen atoms in total. The maximum absolute atomic E-state index is 13.8. The van der Waals surface area contributed by atoms with Gasteiger partial charge in [-0.15, -0.1) is 0 Å². The van der Waals surface area contributed by atoms with Crippen molar-refractivity contribution in [2.24, 2.45) is 0 Å². The fourth-order valence-electron chi connectivity index (χ4n) is 3.77. The van der Waals surface area contributed by atoms with E-state index in [2.05, 4.69) is 5.32 Å². The number of hydrogen-bond donors (Lipinski definition) is 1. The molecule has 202 valence electrons. The van der Waals surface area contributed by atoms with Gasteiger partial charge in [-0.05, 0) is 62.7 Å². The molecule has 0 saturated heterocycles. The molecule has 0 spiro atoms. The maximum atomic E-state index is 13.8. The minimum Gasteiger partial charge on any atom is -0.355 e. The zero-order valence-electron chi connectivity index (χ0n) is 21.1. The lowest BCUT2D eigenvalue weighted by molar-refractivity contribution is -0.139. The monoisotopic (exact) mass is 595 g/mol. The van der Waals surface area contributed by atoms with Crippen LogP contribution in [0.1, 0.15) is 25.0 Å². The molecular weight excluding hydrogens is 569 g/mol. The third-order valence-electron chi connectivity index (χ3n) is 5.85. The standard InChI is InChI=1S/C27H28Cl3N3O4S/c1-4-31-27(35)19(3)32(16-20-7-5-8-21(28)15-20)25(34)17-33(24-10-6-9-23(29)26(24)30)38(36,37)22-13-11-18(2)12-14-22/h5-15,19H,4,16-17H2,1-3H3,(H,31,35). The predicted molar refractivity (Wildman–Crippen MR) is 152 cm³/mol. The Kier molecular flexibility index (Phi) is 10.1. The number of rotatable bonds is 10. The van der Waals surface area contributed by atoms with Gasteiger partial charge in [0.1, 0.15) is 12.6 Å². The lowest BCUT2D eigenvalue weighted by Gasteiger charge is -2.32. The van der Waals surface area contributed by atoms with Crippen LogP contribution in [-0.2, 0) is 26.2 Å². The van der Waals surface area contributed by atoms with Crippen LogP contribution in [-0.4, -0.2) is 44.3 Å². The van der Waals surface area contributed by atoms with E-state index in [-0.39, 0.29) is 33.1 Å². The first kappa shape index (κ1) is 29.8. The number of hydrogen-bond acceptors (Lipinski definition) is 4. The van der Waals surface area contributed by atoms with Crippen molar-refractivity contribution in [1.29, 1.82) is 0 Å². The summed E-state index contributed by atoms with van der Waals surface area (Å²) in [7, 11) is -4.25. The molecule has 11 heteroatoms. The fourth-order valence-corrected chi connectivity index (χ4v) is 5.86. The first-order chi connectivity index (χ1) is 17.9. The number of amides is 2. The smallest absolute Gasteiger partial charge is 0.264 e. The molecule has 3 rings (SSSR count). The van der Waals surface area contributed by atoms with Gasteiger partial charge in [0.05, 0.1) is 20.6 Å². The van der Waals surface area contributed by atoms with E-state index in [1.54, 1.807) is 56.3 Å². The molecule has 2 amide bonds. The van der Waals surface area contributed by atoms with Gasteiger partial charge in [-0.25, -0.2) is 8.42 Å². The highest BCUT2D eigenvalue weighted by Gasteiger charge is 2.33. The second-order valence-corrected chi connectivity index (χ2v) is 11.7. The van der Waals surface area contributed by atoms with E-state index in [1.165, 1.54) is 29.2 Å². The van der Waals surface area contributed by atoms with Crippen LogP contribution in [0.3, 0.4) is 0 Å². The molecular formula is C27H28Cl3N3O4S. The van der Waals surface area contributed by atoms with Crippen molar-refractivity contribution < 1.29 is 18.0 Å². The number of carbonyl (C=O) groups is 2. The van der Waals surface area contributed by atoms with Crippen LogP contribution in [0.2, 0.25) is 15.1 Å². The molecule has 0 aliphatic heterocycles. The van der Waals surface area contributed by atoms with Crippen molar-refractivity contribution >= 4 is 62.3 Å². The normalized spacial score (nSPS) is 12.1. The number of aryl methyl sites for hydroxylation is 1. The highest BCUT2D eigenvalue weighted by atomic mass is 35.5. The number of benzene rings is 3. The van der Waals surface area contributed by atoms with E-state index in [1.807, 2.05) is 6.92 Å². The van der Waals surface area contributed by atoms with Gasteiger partial charge >= 0.3 is 0 Å². The summed E-state index contributed by atoms with van der Waals surface area (Å²) in [5, 5.41) is 3.29. The summed E-state index contributed by atoms with van der Waals surface area (Å²) in [6.07, 6.45) is 0. The van der Waals surface area contributed by atoms with Crippen molar-refractivity contribution in [2.75, 3.05) is 17.4 Å². The summed E-state index contributed by atoms with van der Waals surface area (Å²) in [5.74, 6) is -0.993. The van der Waals surface area contributed by atoms with Gasteiger partial charge in [-0.1, -0.05) is 70.7 Å². The summed E-state index contributed by atoms with van der Waals surface area (Å²) in [6.45, 7) is 4.96. The zero-order valence-corrected chi connectivity index (χ0v) is 24.2. The summed E-state index contributed by atoms with van der Waals surface area (Å²) < 4.78 is 28.6. The minimum absolute atomic E-state index is 0.0178. The number of sulfonamides is 1. The maximum Gasteiger partial charge on any atom is 0.264 e. The van der Waals surface area contributed by atoms with Gasteiger partial charge < -0.3 is 10.2 Å². The topological polar surface area (TPSA) is 86.8 Å². The SMILES string of the molecule is CCNC(=O)C(C)N(Cc1cccc(Cl)c1)C(=O)CN(c1cccc(Cl)c1Cl)S(=O)(=O)c1ccc(C)cc1. The Hall–Kier alpha value is -2.78. The van der Waals surface area contributed by atoms with Crippen LogP contribution >= 0.6 is 34.8 Å². The second kappa shape index (κ2) is 12.8. The van der Waals surface area contributed by atoms with E-state index in [0.29, 0.717) is 17.1 Å². The Morgan fingerprint density at radius 3 is 2.26 bits per heavy atom. The molecule has 38 heavy (non-hydrogen) atoms. The minimum atomic E-state index is -4.25. The van der Waals surface area contributed by atoms with Crippen molar-refractivity contribution in [1.82, 2.24) is 10.2 Å². The summed E-state index contributed by atoms with van der Waals surface area (Å²) in [4.78, 5) is 27.9. The Morgan fingerprint density at radius 2 is 1.63 bits per heavy atom. The van der Waals surface area contributed by atoms with Gasteiger partial charge in [0.2, 0.25) is 11.8 Å². The molecule has 0 aliphatic carbocycles. The fraction of sp³-hybridized carbons (Fsp3) is 0.259. The summed E-state index contributed by atoms with van der Waals surface area (Å²) in [5.41, 5.74) is 1.59. The Bertz CT molecular complexity index is 1420. The largest absolute Gasteiger partial charge is 0.355 e. The summed E-state index contributed by atoms with van der Waals surface area (Å²) in [6, 6.07) is 16.8. The van der Waals surface area contributed by atoms with Crippen LogP contribution in [0.15, 0.2) is 71.6 Å². The highest BCUT2D eigenvalue weighted by molar-refractivity contribution is 7.92. The lowest BCUT2D eigenvalue weighted by Crippen LogP contribution is -2.51. The van der Waals surface area contributed by atoms with Gasteiger partial charge in [0.25, 0.3) is 10.0 Å². The number of carbonyl (C=O) groups excluding carboxylic acids is 2. The average Bonchev–Trinajstić information content (AvgIpc) is 2.87. The highest BCUT2D eigenvalue weighted by Crippen LogP contribution is 2.35. The van der Waals surface area contributed by atoms with E-state index < -0.39 is 28.5 Å². The summed E-state index contributed by atoms with van der Waals surface area (Å²) >= 11 is 18.8. The quantitative estimate of drug-likeness (QED) is 0.325. The van der Waals surface area contributed by atoms with Crippen LogP contribution in [0, 0.1) is 6.92 Å². The number of nitrogens with one attached hydrogen (secondary N) is 1. The molecule has 0 heterocycles. The van der Waals surface area contributed by atoms with Crippen molar-refractivity contribution in [3.8, 4) is 0 Å². The predicted octanol–water partition coefficient (Wildman–Crippen LogP) is 5.70. The molecule has 0 aromatic heterocycles. The van der Waals surface area contributed by atoms with Crippen molar-refractivity contribution in [3.63, 3.8) is 0 Å². The van der Waals surface area contributed by atoms with Gasteiger partial charge in [0, 0.05) is 18.1 Å². The number of nitrogens with zero attached hydrogens (tertiary/aromatic N) is 2. The van der Waals surface area contributed by atoms with Crippen LogP contribution in [0.25, 0.3) is 0 Å². The van der Waals surface area contributed by atoms with Crippen LogP contribution in [0.4, 0.5) is 5.69 Å². The van der Waals surface area contributed by atoms with Gasteiger partial charge in [-0.2, -0.15) is 0 Å². The molecule has 3 aromatic carbocycles. The molecule has 0 fully saturated rings. The molecule has 1 N–H and O–H groups in total. The van der Waals surface area contributed by atoms with E-state index in [9.17, 15) is 18.0 Å². The van der Waals surface area contributed by atoms with E-state index in [0.717, 1.165) is 9.87 Å². The van der Waals surface area contributed by atoms with Gasteiger partial charge in [-0.3, -0.25) is 13.9 Å². The van der Waals surface area contributed by atoms with Crippen molar-refractivity contribution in [2.45, 2.75) is 38.3 Å². The Morgan fingerprint density at radius 1 is 0.974 bits per heavy atom. The molecule has 3 aromatic rings. The number of anilines is 1. The van der Waals surface area contributed by atoms with Crippen molar-refractivity contribution in [3.05, 3.63) is 92.9 Å². The second-order valence-electron chi connectivity index (χ2n) is 8.62. The molecule has 0 saturated carbocycles. The third kappa shape index (κ3) is 6.99. The first-order valence-corrected chi connectivity index (χ1v) is 14.4. The van der Waals surface area contributed by atoms with E-state index >= 15 is 0 Å². The Balaban J connectivity index is 2.08. The zero-order chi connectivity index (χ0) is 28.0. The molecule has 1 unspecified atom stereocenters.